The van der Waals surface area contributed by atoms with Crippen LogP contribution in [0, 0.1) is 0 Å². The van der Waals surface area contributed by atoms with Crippen molar-refractivity contribution in [1.82, 2.24) is 9.88 Å². The SMILES string of the molecule is CCNc1cnccc1C(=O)N(C)CCCOC. The third-order valence-corrected chi connectivity index (χ3v) is 2.61. The highest BCUT2D eigenvalue weighted by Crippen LogP contribution is 2.15. The maximum Gasteiger partial charge on any atom is 0.255 e. The topological polar surface area (TPSA) is 54.5 Å². The molecule has 0 radical (unpaired) electrons. The fourth-order valence-corrected chi connectivity index (χ4v) is 1.67. The van der Waals surface area contributed by atoms with E-state index in [9.17, 15) is 4.79 Å². The monoisotopic (exact) mass is 251 g/mol. The Kier molecular flexibility index (Phi) is 6.14. The number of nitrogens with one attached hydrogen (secondary N) is 1. The number of aromatic nitrogens is 1. The number of methoxy groups -OCH3 is 1. The summed E-state index contributed by atoms with van der Waals surface area (Å²) in [5, 5.41) is 3.14. The molecule has 1 amide bonds. The van der Waals surface area contributed by atoms with Gasteiger partial charge in [-0.15, -0.1) is 0 Å². The van der Waals surface area contributed by atoms with E-state index < -0.39 is 0 Å². The standard InChI is InChI=1S/C13H21N3O2/c1-4-15-12-10-14-7-6-11(12)13(17)16(2)8-5-9-18-3/h6-7,10,15H,4-5,8-9H2,1-3H3. The smallest absolute Gasteiger partial charge is 0.255 e. The average Bonchev–Trinajstić information content (AvgIpc) is 2.39. The zero-order chi connectivity index (χ0) is 13.4. The van der Waals surface area contributed by atoms with Crippen LogP contribution in [0.3, 0.4) is 0 Å². The molecule has 0 aliphatic heterocycles. The van der Waals surface area contributed by atoms with E-state index in [0.29, 0.717) is 18.7 Å². The summed E-state index contributed by atoms with van der Waals surface area (Å²) in [5.74, 6) is 0.00412. The summed E-state index contributed by atoms with van der Waals surface area (Å²) in [5.41, 5.74) is 1.44. The van der Waals surface area contributed by atoms with Gasteiger partial charge in [0.15, 0.2) is 0 Å². The predicted molar refractivity (Wildman–Crippen MR) is 71.9 cm³/mol. The number of amides is 1. The van der Waals surface area contributed by atoms with Gasteiger partial charge in [-0.25, -0.2) is 0 Å². The van der Waals surface area contributed by atoms with Gasteiger partial charge in [-0.05, 0) is 19.4 Å². The third-order valence-electron chi connectivity index (χ3n) is 2.61. The molecule has 1 rings (SSSR count). The Bertz CT molecular complexity index is 382. The Morgan fingerprint density at radius 1 is 1.56 bits per heavy atom. The van der Waals surface area contributed by atoms with Crippen LogP contribution in [-0.4, -0.2) is 49.6 Å². The van der Waals surface area contributed by atoms with E-state index in [4.69, 9.17) is 4.74 Å². The Hall–Kier alpha value is -1.62. The number of hydrogen-bond acceptors (Lipinski definition) is 4. The van der Waals surface area contributed by atoms with Crippen LogP contribution < -0.4 is 5.32 Å². The molecule has 5 heteroatoms. The molecule has 0 spiro atoms. The van der Waals surface area contributed by atoms with Crippen molar-refractivity contribution >= 4 is 11.6 Å². The average molecular weight is 251 g/mol. The lowest BCUT2D eigenvalue weighted by molar-refractivity contribution is 0.0780. The van der Waals surface area contributed by atoms with Gasteiger partial charge in [0.05, 0.1) is 17.4 Å². The maximum atomic E-state index is 12.3. The molecule has 0 bridgehead atoms. The van der Waals surface area contributed by atoms with Crippen molar-refractivity contribution in [2.75, 3.05) is 39.2 Å². The highest BCUT2D eigenvalue weighted by molar-refractivity contribution is 5.99. The quantitative estimate of drug-likeness (QED) is 0.748. The van der Waals surface area contributed by atoms with Crippen molar-refractivity contribution in [2.45, 2.75) is 13.3 Å². The molecule has 1 aromatic heterocycles. The van der Waals surface area contributed by atoms with Crippen LogP contribution in [0.15, 0.2) is 18.5 Å². The Balaban J connectivity index is 2.70. The van der Waals surface area contributed by atoms with E-state index in [1.165, 1.54) is 0 Å². The number of anilines is 1. The summed E-state index contributed by atoms with van der Waals surface area (Å²) in [6.45, 7) is 4.09. The van der Waals surface area contributed by atoms with Gasteiger partial charge in [0.1, 0.15) is 0 Å². The van der Waals surface area contributed by atoms with Crippen molar-refractivity contribution in [2.24, 2.45) is 0 Å². The molecule has 0 saturated carbocycles. The first kappa shape index (κ1) is 14.4. The van der Waals surface area contributed by atoms with Crippen molar-refractivity contribution < 1.29 is 9.53 Å². The van der Waals surface area contributed by atoms with Gasteiger partial charge in [-0.3, -0.25) is 9.78 Å². The van der Waals surface area contributed by atoms with Crippen LogP contribution in [0.25, 0.3) is 0 Å². The zero-order valence-corrected chi connectivity index (χ0v) is 11.3. The van der Waals surface area contributed by atoms with Gasteiger partial charge in [0.25, 0.3) is 5.91 Å². The minimum absolute atomic E-state index is 0.00412. The summed E-state index contributed by atoms with van der Waals surface area (Å²) in [6, 6.07) is 1.74. The molecule has 18 heavy (non-hydrogen) atoms. The predicted octanol–water partition coefficient (Wildman–Crippen LogP) is 1.62. The summed E-state index contributed by atoms with van der Waals surface area (Å²) in [6.07, 6.45) is 4.15. The number of ether oxygens (including phenoxy) is 1. The van der Waals surface area contributed by atoms with E-state index in [1.54, 1.807) is 37.5 Å². The van der Waals surface area contributed by atoms with Crippen molar-refractivity contribution in [1.29, 1.82) is 0 Å². The molecule has 0 saturated heterocycles. The lowest BCUT2D eigenvalue weighted by atomic mass is 10.2. The van der Waals surface area contributed by atoms with Crippen LogP contribution >= 0.6 is 0 Å². The third kappa shape index (κ3) is 4.00. The molecule has 0 atom stereocenters. The van der Waals surface area contributed by atoms with Crippen LogP contribution in [0.1, 0.15) is 23.7 Å². The summed E-state index contributed by atoms with van der Waals surface area (Å²) >= 11 is 0. The highest BCUT2D eigenvalue weighted by Gasteiger charge is 2.15. The Morgan fingerprint density at radius 2 is 2.33 bits per heavy atom. The van der Waals surface area contributed by atoms with E-state index in [1.807, 2.05) is 6.92 Å². The molecule has 5 nitrogen and oxygen atoms in total. The van der Waals surface area contributed by atoms with Crippen LogP contribution in [0.2, 0.25) is 0 Å². The molecule has 0 aliphatic rings. The van der Waals surface area contributed by atoms with E-state index in [-0.39, 0.29) is 5.91 Å². The van der Waals surface area contributed by atoms with Gasteiger partial charge in [-0.2, -0.15) is 0 Å². The normalized spacial score (nSPS) is 10.2. The summed E-state index contributed by atoms with van der Waals surface area (Å²) in [4.78, 5) is 18.0. The number of carbonyl (C=O) groups is 1. The lowest BCUT2D eigenvalue weighted by Gasteiger charge is -2.18. The highest BCUT2D eigenvalue weighted by atomic mass is 16.5. The van der Waals surface area contributed by atoms with Gasteiger partial charge in [-0.1, -0.05) is 0 Å². The van der Waals surface area contributed by atoms with Crippen LogP contribution in [0.4, 0.5) is 5.69 Å². The van der Waals surface area contributed by atoms with Gasteiger partial charge < -0.3 is 15.0 Å². The number of rotatable bonds is 7. The molecule has 1 N–H and O–H groups in total. The lowest BCUT2D eigenvalue weighted by Crippen LogP contribution is -2.29. The van der Waals surface area contributed by atoms with E-state index in [2.05, 4.69) is 10.3 Å². The molecule has 0 aliphatic carbocycles. The number of nitrogens with zero attached hydrogens (tertiary/aromatic N) is 2. The minimum Gasteiger partial charge on any atom is -0.385 e. The summed E-state index contributed by atoms with van der Waals surface area (Å²) < 4.78 is 4.98. The first-order chi connectivity index (χ1) is 8.70. The van der Waals surface area contributed by atoms with Crippen LogP contribution in [-0.2, 0) is 4.74 Å². The molecular weight excluding hydrogens is 230 g/mol. The van der Waals surface area contributed by atoms with Crippen molar-refractivity contribution in [3.8, 4) is 0 Å². The molecule has 0 fully saturated rings. The van der Waals surface area contributed by atoms with Crippen molar-refractivity contribution in [3.63, 3.8) is 0 Å². The molecule has 1 heterocycles. The fourth-order valence-electron chi connectivity index (χ4n) is 1.67. The number of hydrogen-bond donors (Lipinski definition) is 1. The number of carbonyl (C=O) groups excluding carboxylic acids is 1. The second-order valence-electron chi connectivity index (χ2n) is 4.02. The zero-order valence-electron chi connectivity index (χ0n) is 11.3. The van der Waals surface area contributed by atoms with Crippen LogP contribution in [0.5, 0.6) is 0 Å². The summed E-state index contributed by atoms with van der Waals surface area (Å²) in [7, 11) is 3.46. The fraction of sp³-hybridized carbons (Fsp3) is 0.538. The minimum atomic E-state index is 0.00412. The van der Waals surface area contributed by atoms with Crippen molar-refractivity contribution in [3.05, 3.63) is 24.0 Å². The van der Waals surface area contributed by atoms with Gasteiger partial charge in [0, 0.05) is 40.1 Å². The largest absolute Gasteiger partial charge is 0.385 e. The first-order valence-corrected chi connectivity index (χ1v) is 6.13. The second kappa shape index (κ2) is 7.66. The first-order valence-electron chi connectivity index (χ1n) is 6.13. The Labute approximate surface area is 108 Å². The molecule has 0 aromatic carbocycles. The second-order valence-corrected chi connectivity index (χ2v) is 4.02. The molecular formula is C13H21N3O2. The van der Waals surface area contributed by atoms with Gasteiger partial charge in [0.2, 0.25) is 0 Å². The molecule has 1 aromatic rings. The maximum absolute atomic E-state index is 12.3. The Morgan fingerprint density at radius 3 is 3.00 bits per heavy atom. The molecule has 0 unspecified atom stereocenters. The molecule has 100 valence electrons. The number of pyridine rings is 1. The van der Waals surface area contributed by atoms with E-state index in [0.717, 1.165) is 18.7 Å². The van der Waals surface area contributed by atoms with E-state index >= 15 is 0 Å². The van der Waals surface area contributed by atoms with Gasteiger partial charge >= 0.3 is 0 Å².